The minimum absolute atomic E-state index is 0.00760. The Hall–Kier alpha value is -4.63. The molecule has 1 heterocycles. The van der Waals surface area contributed by atoms with Gasteiger partial charge in [-0.15, -0.1) is 0 Å². The first-order chi connectivity index (χ1) is 17.1. The van der Waals surface area contributed by atoms with Crippen molar-refractivity contribution in [1.29, 1.82) is 5.26 Å². The van der Waals surface area contributed by atoms with E-state index in [2.05, 4.69) is 18.2 Å². The summed E-state index contributed by atoms with van der Waals surface area (Å²) in [6.07, 6.45) is 4.77. The average molecular weight is 464 g/mol. The predicted octanol–water partition coefficient (Wildman–Crippen LogP) is 5.30. The van der Waals surface area contributed by atoms with Crippen LogP contribution in [0.5, 0.6) is 0 Å². The molecule has 3 aromatic carbocycles. The number of hydrogen-bond donors (Lipinski definition) is 1. The lowest BCUT2D eigenvalue weighted by molar-refractivity contribution is -0.137. The number of carbonyl (C=O) groups excluding carboxylic acids is 1. The number of amides is 1. The monoisotopic (exact) mass is 463 g/mol. The highest BCUT2D eigenvalue weighted by Crippen LogP contribution is 2.25. The quantitative estimate of drug-likeness (QED) is 0.270. The van der Waals surface area contributed by atoms with Gasteiger partial charge in [0, 0.05) is 34.9 Å². The molecule has 6 heteroatoms. The minimum Gasteiger partial charge on any atom is -0.480 e. The van der Waals surface area contributed by atoms with Crippen LogP contribution in [0.1, 0.15) is 17.5 Å². The number of rotatable bonds is 9. The van der Waals surface area contributed by atoms with Gasteiger partial charge in [-0.25, -0.2) is 0 Å². The molecule has 0 aliphatic heterocycles. The Morgan fingerprint density at radius 3 is 2.29 bits per heavy atom. The molecule has 0 radical (unpaired) electrons. The number of benzene rings is 3. The van der Waals surface area contributed by atoms with Crippen LogP contribution in [-0.4, -0.2) is 28.1 Å². The summed E-state index contributed by atoms with van der Waals surface area (Å²) in [6.45, 7) is 0.247. The van der Waals surface area contributed by atoms with Gasteiger partial charge in [0.05, 0.1) is 0 Å². The molecule has 0 saturated heterocycles. The maximum Gasteiger partial charge on any atom is 0.323 e. The zero-order valence-corrected chi connectivity index (χ0v) is 19.2. The van der Waals surface area contributed by atoms with Gasteiger partial charge in [0.2, 0.25) is 0 Å². The van der Waals surface area contributed by atoms with Crippen LogP contribution >= 0.6 is 0 Å². The van der Waals surface area contributed by atoms with Crippen LogP contribution in [0.25, 0.3) is 17.0 Å². The molecule has 0 bridgehead atoms. The Balaban J connectivity index is 1.65. The van der Waals surface area contributed by atoms with Crippen molar-refractivity contribution in [2.75, 3.05) is 11.4 Å². The number of para-hydroxylation sites is 2. The maximum absolute atomic E-state index is 13.6. The lowest BCUT2D eigenvalue weighted by Crippen LogP contribution is -2.33. The van der Waals surface area contributed by atoms with E-state index in [0.717, 1.165) is 29.4 Å². The highest BCUT2D eigenvalue weighted by atomic mass is 16.4. The van der Waals surface area contributed by atoms with Crippen LogP contribution in [0.2, 0.25) is 0 Å². The van der Waals surface area contributed by atoms with E-state index in [0.29, 0.717) is 12.1 Å². The number of fused-ring (bicyclic) bond motifs is 1. The SMILES string of the molecule is N#C/C(=C\c1cn(CC(=O)O)c2ccccc12)C(=O)N(CCCc1ccccc1)c1ccccc1. The molecule has 4 rings (SSSR count). The van der Waals surface area contributed by atoms with E-state index >= 15 is 0 Å². The molecule has 0 atom stereocenters. The Bertz CT molecular complexity index is 1400. The molecule has 0 unspecified atom stereocenters. The summed E-state index contributed by atoms with van der Waals surface area (Å²) in [5, 5.41) is 20.0. The van der Waals surface area contributed by atoms with Crippen molar-refractivity contribution in [2.45, 2.75) is 19.4 Å². The van der Waals surface area contributed by atoms with E-state index in [9.17, 15) is 20.0 Å². The van der Waals surface area contributed by atoms with Crippen LogP contribution in [-0.2, 0) is 22.6 Å². The van der Waals surface area contributed by atoms with E-state index in [4.69, 9.17) is 0 Å². The van der Waals surface area contributed by atoms with E-state index in [1.54, 1.807) is 21.7 Å². The van der Waals surface area contributed by atoms with Crippen molar-refractivity contribution in [3.8, 4) is 6.07 Å². The van der Waals surface area contributed by atoms with Gasteiger partial charge >= 0.3 is 5.97 Å². The van der Waals surface area contributed by atoms with Gasteiger partial charge in [-0.2, -0.15) is 5.26 Å². The Morgan fingerprint density at radius 1 is 0.943 bits per heavy atom. The summed E-state index contributed by atoms with van der Waals surface area (Å²) in [6, 6.07) is 28.8. The van der Waals surface area contributed by atoms with E-state index < -0.39 is 5.97 Å². The molecule has 0 fully saturated rings. The van der Waals surface area contributed by atoms with E-state index in [1.165, 1.54) is 5.56 Å². The normalized spacial score (nSPS) is 11.2. The van der Waals surface area contributed by atoms with Gasteiger partial charge < -0.3 is 14.6 Å². The predicted molar refractivity (Wildman–Crippen MR) is 137 cm³/mol. The lowest BCUT2D eigenvalue weighted by atomic mass is 10.1. The van der Waals surface area contributed by atoms with E-state index in [-0.39, 0.29) is 18.0 Å². The van der Waals surface area contributed by atoms with Crippen molar-refractivity contribution < 1.29 is 14.7 Å². The summed E-state index contributed by atoms with van der Waals surface area (Å²) < 4.78 is 1.61. The first-order valence-electron chi connectivity index (χ1n) is 11.4. The smallest absolute Gasteiger partial charge is 0.323 e. The van der Waals surface area contributed by atoms with Crippen molar-refractivity contribution in [3.05, 3.63) is 108 Å². The first-order valence-corrected chi connectivity index (χ1v) is 11.4. The highest BCUT2D eigenvalue weighted by Gasteiger charge is 2.21. The molecular formula is C29H25N3O3. The zero-order chi connectivity index (χ0) is 24.6. The average Bonchev–Trinajstić information content (AvgIpc) is 3.22. The number of carboxylic acids is 1. The number of nitriles is 1. The molecule has 1 N–H and O–H groups in total. The van der Waals surface area contributed by atoms with Gasteiger partial charge in [0.1, 0.15) is 18.2 Å². The highest BCUT2D eigenvalue weighted by molar-refractivity contribution is 6.12. The lowest BCUT2D eigenvalue weighted by Gasteiger charge is -2.22. The van der Waals surface area contributed by atoms with Crippen LogP contribution in [0.15, 0.2) is 96.7 Å². The summed E-state index contributed by atoms with van der Waals surface area (Å²) in [4.78, 5) is 26.5. The van der Waals surface area contributed by atoms with Crippen molar-refractivity contribution in [2.24, 2.45) is 0 Å². The molecule has 1 aromatic heterocycles. The summed E-state index contributed by atoms with van der Waals surface area (Å²) >= 11 is 0. The Kier molecular flexibility index (Phi) is 7.39. The molecule has 174 valence electrons. The first kappa shape index (κ1) is 23.5. The third kappa shape index (κ3) is 5.66. The third-order valence-electron chi connectivity index (χ3n) is 5.78. The molecule has 0 aliphatic carbocycles. The molecule has 0 saturated carbocycles. The second-order valence-corrected chi connectivity index (χ2v) is 8.17. The number of hydrogen-bond acceptors (Lipinski definition) is 3. The fraction of sp³-hybridized carbons (Fsp3) is 0.138. The molecular weight excluding hydrogens is 438 g/mol. The summed E-state index contributed by atoms with van der Waals surface area (Å²) in [7, 11) is 0. The van der Waals surface area contributed by atoms with E-state index in [1.807, 2.05) is 72.8 Å². The second-order valence-electron chi connectivity index (χ2n) is 8.17. The molecule has 0 spiro atoms. The second kappa shape index (κ2) is 11.0. The molecule has 6 nitrogen and oxygen atoms in total. The Labute approximate surface area is 204 Å². The van der Waals surface area contributed by atoms with Crippen LogP contribution in [0.4, 0.5) is 5.69 Å². The van der Waals surface area contributed by atoms with Crippen LogP contribution < -0.4 is 4.90 Å². The minimum atomic E-state index is -0.966. The molecule has 0 aliphatic rings. The zero-order valence-electron chi connectivity index (χ0n) is 19.2. The molecule has 35 heavy (non-hydrogen) atoms. The molecule has 1 amide bonds. The van der Waals surface area contributed by atoms with Gasteiger partial charge in [-0.1, -0.05) is 66.7 Å². The standard InChI is InChI=1S/C29H25N3O3/c30-19-23(18-24-20-31(21-28(33)34)27-16-8-7-15-26(24)27)29(35)32(25-13-5-2-6-14-25)17-9-12-22-10-3-1-4-11-22/h1-8,10-11,13-16,18,20H,9,12,17,21H2,(H,33,34)/b23-18+. The maximum atomic E-state index is 13.6. The number of aliphatic carboxylic acids is 1. The van der Waals surface area contributed by atoms with Gasteiger partial charge in [-0.05, 0) is 42.7 Å². The molecule has 4 aromatic rings. The van der Waals surface area contributed by atoms with Crippen molar-refractivity contribution in [1.82, 2.24) is 4.57 Å². The number of aryl methyl sites for hydroxylation is 1. The topological polar surface area (TPSA) is 86.3 Å². The summed E-state index contributed by atoms with van der Waals surface area (Å²) in [5.74, 6) is -1.35. The summed E-state index contributed by atoms with van der Waals surface area (Å²) in [5.41, 5.74) is 3.26. The van der Waals surface area contributed by atoms with Gasteiger partial charge in [-0.3, -0.25) is 9.59 Å². The number of aromatic nitrogens is 1. The van der Waals surface area contributed by atoms with Crippen molar-refractivity contribution >= 4 is 34.5 Å². The van der Waals surface area contributed by atoms with Crippen LogP contribution in [0.3, 0.4) is 0 Å². The largest absolute Gasteiger partial charge is 0.480 e. The van der Waals surface area contributed by atoms with Gasteiger partial charge in [0.25, 0.3) is 5.91 Å². The third-order valence-corrected chi connectivity index (χ3v) is 5.78. The fourth-order valence-corrected chi connectivity index (χ4v) is 4.15. The van der Waals surface area contributed by atoms with Gasteiger partial charge in [0.15, 0.2) is 0 Å². The Morgan fingerprint density at radius 2 is 1.60 bits per heavy atom. The number of nitrogens with zero attached hydrogens (tertiary/aromatic N) is 3. The number of anilines is 1. The van der Waals surface area contributed by atoms with Crippen LogP contribution in [0, 0.1) is 11.3 Å². The fourth-order valence-electron chi connectivity index (χ4n) is 4.15. The van der Waals surface area contributed by atoms with Crippen molar-refractivity contribution in [3.63, 3.8) is 0 Å². The number of carbonyl (C=O) groups is 2. The number of carboxylic acid groups (broad SMARTS) is 1.